The summed E-state index contributed by atoms with van der Waals surface area (Å²) in [5.74, 6) is -0.392. The second-order valence-corrected chi connectivity index (χ2v) is 7.00. The maximum absolute atomic E-state index is 11.7. The Balaban J connectivity index is 2.67. The minimum atomic E-state index is -3.37. The van der Waals surface area contributed by atoms with Crippen LogP contribution in [0.25, 0.3) is 0 Å². The van der Waals surface area contributed by atoms with Crippen LogP contribution in [-0.2, 0) is 14.8 Å². The first-order chi connectivity index (χ1) is 9.36. The first kappa shape index (κ1) is 16.5. The molecule has 0 atom stereocenters. The molecular formula is C14H21NO4S. The summed E-state index contributed by atoms with van der Waals surface area (Å²) in [6.45, 7) is 5.62. The van der Waals surface area contributed by atoms with Crippen LogP contribution >= 0.6 is 0 Å². The predicted molar refractivity (Wildman–Crippen MR) is 79.3 cm³/mol. The Kier molecular flexibility index (Phi) is 6.01. The number of anilines is 1. The van der Waals surface area contributed by atoms with Gasteiger partial charge in [0.15, 0.2) is 0 Å². The quantitative estimate of drug-likeness (QED) is 0.620. The lowest BCUT2D eigenvalue weighted by Gasteiger charge is -2.11. The zero-order valence-electron chi connectivity index (χ0n) is 12.0. The number of rotatable bonds is 7. The van der Waals surface area contributed by atoms with Crippen LogP contribution < -0.4 is 4.72 Å². The number of benzene rings is 1. The normalized spacial score (nSPS) is 11.4. The summed E-state index contributed by atoms with van der Waals surface area (Å²) < 4.78 is 30.9. The smallest absolute Gasteiger partial charge is 0.338 e. The monoisotopic (exact) mass is 299 g/mol. The Morgan fingerprint density at radius 1 is 1.25 bits per heavy atom. The van der Waals surface area contributed by atoms with Crippen molar-refractivity contribution in [3.8, 4) is 0 Å². The van der Waals surface area contributed by atoms with Gasteiger partial charge in [0.25, 0.3) is 0 Å². The molecule has 0 radical (unpaired) electrons. The van der Waals surface area contributed by atoms with E-state index in [0.717, 1.165) is 12.8 Å². The van der Waals surface area contributed by atoms with Crippen LogP contribution in [0, 0.1) is 0 Å². The van der Waals surface area contributed by atoms with Crippen molar-refractivity contribution >= 4 is 21.7 Å². The van der Waals surface area contributed by atoms with Gasteiger partial charge in [-0.1, -0.05) is 13.3 Å². The van der Waals surface area contributed by atoms with Gasteiger partial charge >= 0.3 is 5.97 Å². The highest BCUT2D eigenvalue weighted by Crippen LogP contribution is 2.14. The SMILES string of the molecule is CCCCOC(=O)c1ccc(NS(=O)(=O)C(C)C)cc1. The van der Waals surface area contributed by atoms with E-state index in [4.69, 9.17) is 4.74 Å². The first-order valence-electron chi connectivity index (χ1n) is 6.65. The largest absolute Gasteiger partial charge is 0.462 e. The third kappa shape index (κ3) is 4.85. The van der Waals surface area contributed by atoms with E-state index in [1.54, 1.807) is 38.1 Å². The van der Waals surface area contributed by atoms with Gasteiger partial charge in [0, 0.05) is 5.69 Å². The van der Waals surface area contributed by atoms with Gasteiger partial charge < -0.3 is 4.74 Å². The van der Waals surface area contributed by atoms with Crippen LogP contribution in [0.2, 0.25) is 0 Å². The third-order valence-corrected chi connectivity index (χ3v) is 4.49. The number of carbonyl (C=O) groups excluding carboxylic acids is 1. The van der Waals surface area contributed by atoms with E-state index < -0.39 is 21.2 Å². The molecule has 0 saturated carbocycles. The molecule has 0 aliphatic carbocycles. The number of unbranched alkanes of at least 4 members (excludes halogenated alkanes) is 1. The van der Waals surface area contributed by atoms with Gasteiger partial charge in [0.1, 0.15) is 0 Å². The molecule has 0 aliphatic heterocycles. The summed E-state index contributed by atoms with van der Waals surface area (Å²) >= 11 is 0. The average molecular weight is 299 g/mol. The molecule has 0 spiro atoms. The van der Waals surface area contributed by atoms with Crippen molar-refractivity contribution in [1.29, 1.82) is 0 Å². The van der Waals surface area contributed by atoms with Gasteiger partial charge in [-0.05, 0) is 44.5 Å². The number of carbonyl (C=O) groups is 1. The molecule has 1 aromatic carbocycles. The van der Waals surface area contributed by atoms with Crippen LogP contribution in [-0.4, -0.2) is 26.2 Å². The van der Waals surface area contributed by atoms with Crippen molar-refractivity contribution in [3.05, 3.63) is 29.8 Å². The Labute approximate surface area is 120 Å². The average Bonchev–Trinajstić information content (AvgIpc) is 2.39. The van der Waals surface area contributed by atoms with Crippen molar-refractivity contribution < 1.29 is 17.9 Å². The maximum atomic E-state index is 11.7. The van der Waals surface area contributed by atoms with Crippen LogP contribution in [0.3, 0.4) is 0 Å². The molecule has 5 nitrogen and oxygen atoms in total. The van der Waals surface area contributed by atoms with Crippen molar-refractivity contribution in [2.24, 2.45) is 0 Å². The summed E-state index contributed by atoms with van der Waals surface area (Å²) in [4.78, 5) is 11.7. The lowest BCUT2D eigenvalue weighted by molar-refractivity contribution is 0.0500. The van der Waals surface area contributed by atoms with E-state index in [2.05, 4.69) is 4.72 Å². The molecule has 0 fully saturated rings. The fourth-order valence-corrected chi connectivity index (χ4v) is 2.05. The molecule has 1 aromatic rings. The Bertz CT molecular complexity index is 535. The van der Waals surface area contributed by atoms with Crippen molar-refractivity contribution in [1.82, 2.24) is 0 Å². The number of ether oxygens (including phenoxy) is 1. The molecule has 6 heteroatoms. The molecule has 0 aliphatic rings. The second-order valence-electron chi connectivity index (χ2n) is 4.76. The Morgan fingerprint density at radius 3 is 2.35 bits per heavy atom. The standard InChI is InChI=1S/C14H21NO4S/c1-4-5-10-19-14(16)12-6-8-13(9-7-12)15-20(17,18)11(2)3/h6-9,11,15H,4-5,10H2,1-3H3. The van der Waals surface area contributed by atoms with Crippen LogP contribution in [0.4, 0.5) is 5.69 Å². The minimum absolute atomic E-state index is 0.392. The maximum Gasteiger partial charge on any atom is 0.338 e. The predicted octanol–water partition coefficient (Wildman–Crippen LogP) is 2.79. The van der Waals surface area contributed by atoms with Gasteiger partial charge in [0.05, 0.1) is 17.4 Å². The molecule has 1 N–H and O–H groups in total. The number of esters is 1. The summed E-state index contributed by atoms with van der Waals surface area (Å²) in [6.07, 6.45) is 1.79. The highest BCUT2D eigenvalue weighted by Gasteiger charge is 2.15. The number of nitrogens with one attached hydrogen (secondary N) is 1. The van der Waals surface area contributed by atoms with Gasteiger partial charge in [0.2, 0.25) is 10.0 Å². The van der Waals surface area contributed by atoms with E-state index in [1.807, 2.05) is 6.92 Å². The summed E-state index contributed by atoms with van der Waals surface area (Å²) in [6, 6.07) is 6.20. The molecule has 1 rings (SSSR count). The van der Waals surface area contributed by atoms with Crippen LogP contribution in [0.1, 0.15) is 44.0 Å². The van der Waals surface area contributed by atoms with Crippen molar-refractivity contribution in [2.45, 2.75) is 38.9 Å². The molecule has 0 saturated heterocycles. The zero-order chi connectivity index (χ0) is 15.2. The first-order valence-corrected chi connectivity index (χ1v) is 8.20. The topological polar surface area (TPSA) is 72.5 Å². The fourth-order valence-electron chi connectivity index (χ4n) is 1.35. The summed E-state index contributed by atoms with van der Waals surface area (Å²) in [7, 11) is -3.37. The Morgan fingerprint density at radius 2 is 1.85 bits per heavy atom. The fraction of sp³-hybridized carbons (Fsp3) is 0.500. The van der Waals surface area contributed by atoms with Crippen LogP contribution in [0.5, 0.6) is 0 Å². The van der Waals surface area contributed by atoms with E-state index in [-0.39, 0.29) is 0 Å². The van der Waals surface area contributed by atoms with E-state index >= 15 is 0 Å². The number of hydrogen-bond donors (Lipinski definition) is 1. The van der Waals surface area contributed by atoms with Gasteiger partial charge in [-0.3, -0.25) is 4.72 Å². The van der Waals surface area contributed by atoms with E-state index in [1.165, 1.54) is 0 Å². The van der Waals surface area contributed by atoms with Gasteiger partial charge in [-0.15, -0.1) is 0 Å². The highest BCUT2D eigenvalue weighted by atomic mass is 32.2. The van der Waals surface area contributed by atoms with Crippen molar-refractivity contribution in [2.75, 3.05) is 11.3 Å². The molecule has 20 heavy (non-hydrogen) atoms. The van der Waals surface area contributed by atoms with Gasteiger partial charge in [-0.25, -0.2) is 13.2 Å². The van der Waals surface area contributed by atoms with E-state index in [9.17, 15) is 13.2 Å². The molecule has 0 aromatic heterocycles. The third-order valence-electron chi connectivity index (χ3n) is 2.73. The Hall–Kier alpha value is -1.56. The molecule has 112 valence electrons. The van der Waals surface area contributed by atoms with Crippen LogP contribution in [0.15, 0.2) is 24.3 Å². The molecular weight excluding hydrogens is 278 g/mol. The molecule has 0 heterocycles. The van der Waals surface area contributed by atoms with Crippen molar-refractivity contribution in [3.63, 3.8) is 0 Å². The van der Waals surface area contributed by atoms with E-state index in [0.29, 0.717) is 17.9 Å². The zero-order valence-corrected chi connectivity index (χ0v) is 12.9. The molecule has 0 unspecified atom stereocenters. The summed E-state index contributed by atoms with van der Waals surface area (Å²) in [5, 5.41) is -0.513. The molecule has 0 bridgehead atoms. The van der Waals surface area contributed by atoms with Gasteiger partial charge in [-0.2, -0.15) is 0 Å². The second kappa shape index (κ2) is 7.28. The lowest BCUT2D eigenvalue weighted by atomic mass is 10.2. The number of sulfonamides is 1. The minimum Gasteiger partial charge on any atom is -0.462 e. The highest BCUT2D eigenvalue weighted by molar-refractivity contribution is 7.93. The summed E-state index contributed by atoms with van der Waals surface area (Å²) in [5.41, 5.74) is 0.845. The number of hydrogen-bond acceptors (Lipinski definition) is 4. The molecule has 0 amide bonds. The lowest BCUT2D eigenvalue weighted by Crippen LogP contribution is -2.22.